The molecule has 0 unspecified atom stereocenters. The van der Waals surface area contributed by atoms with Crippen molar-refractivity contribution in [2.75, 3.05) is 11.9 Å². The number of hydrogen-bond acceptors (Lipinski definition) is 4. The highest BCUT2D eigenvalue weighted by molar-refractivity contribution is 6.33. The number of fused-ring (bicyclic) bond motifs is 1. The largest absolute Gasteiger partial charge is 0.484 e. The third-order valence-corrected chi connectivity index (χ3v) is 5.59. The Morgan fingerprint density at radius 2 is 1.88 bits per heavy atom. The molecule has 1 heterocycles. The molecule has 32 heavy (non-hydrogen) atoms. The SMILES string of the molecule is CCc1ccc2oc(-c3cc(NC(=O)COc4ccc(C(C)C)cc4)ccc3Cl)nc2c1. The van der Waals surface area contributed by atoms with Gasteiger partial charge in [-0.15, -0.1) is 0 Å². The van der Waals surface area contributed by atoms with Gasteiger partial charge < -0.3 is 14.5 Å². The van der Waals surface area contributed by atoms with Crippen LogP contribution in [0.3, 0.4) is 0 Å². The molecule has 3 aromatic carbocycles. The van der Waals surface area contributed by atoms with Crippen molar-refractivity contribution in [2.24, 2.45) is 0 Å². The van der Waals surface area contributed by atoms with E-state index in [1.54, 1.807) is 18.2 Å². The number of aryl methyl sites for hydroxylation is 1. The van der Waals surface area contributed by atoms with E-state index in [0.717, 1.165) is 11.9 Å². The van der Waals surface area contributed by atoms with E-state index in [4.69, 9.17) is 20.8 Å². The summed E-state index contributed by atoms with van der Waals surface area (Å²) in [7, 11) is 0. The first-order chi connectivity index (χ1) is 15.4. The van der Waals surface area contributed by atoms with Crippen molar-refractivity contribution >= 4 is 34.3 Å². The summed E-state index contributed by atoms with van der Waals surface area (Å²) in [6.07, 6.45) is 0.921. The standard InChI is InChI=1S/C26H25ClN2O3/c1-4-17-5-12-24-23(13-17)29-26(32-24)21-14-19(8-11-22(21)27)28-25(30)15-31-20-9-6-18(7-10-20)16(2)3/h5-14,16H,4,15H2,1-3H3,(H,28,30). The molecule has 1 N–H and O–H groups in total. The number of benzene rings is 3. The van der Waals surface area contributed by atoms with Crippen molar-refractivity contribution in [1.82, 2.24) is 4.98 Å². The van der Waals surface area contributed by atoms with Gasteiger partial charge in [-0.1, -0.05) is 50.6 Å². The molecule has 4 aromatic rings. The number of halogens is 1. The molecular weight excluding hydrogens is 424 g/mol. The second kappa shape index (κ2) is 9.45. The predicted octanol–water partition coefficient (Wildman–Crippen LogP) is 6.85. The minimum absolute atomic E-state index is 0.0956. The average molecular weight is 449 g/mol. The van der Waals surface area contributed by atoms with E-state index in [1.807, 2.05) is 42.5 Å². The molecule has 0 saturated carbocycles. The first-order valence-electron chi connectivity index (χ1n) is 10.6. The minimum Gasteiger partial charge on any atom is -0.484 e. The molecule has 0 bridgehead atoms. The van der Waals surface area contributed by atoms with Crippen LogP contribution >= 0.6 is 11.6 Å². The second-order valence-electron chi connectivity index (χ2n) is 7.93. The fourth-order valence-electron chi connectivity index (χ4n) is 3.37. The highest BCUT2D eigenvalue weighted by atomic mass is 35.5. The Bertz CT molecular complexity index is 1250. The maximum atomic E-state index is 12.4. The Kier molecular flexibility index (Phi) is 6.47. The number of anilines is 1. The van der Waals surface area contributed by atoms with E-state index in [1.165, 1.54) is 11.1 Å². The van der Waals surface area contributed by atoms with Crippen LogP contribution in [0.25, 0.3) is 22.6 Å². The summed E-state index contributed by atoms with van der Waals surface area (Å²) in [5.74, 6) is 1.24. The van der Waals surface area contributed by atoms with Crippen molar-refractivity contribution < 1.29 is 13.9 Å². The molecule has 4 rings (SSSR count). The van der Waals surface area contributed by atoms with Crippen LogP contribution in [0.4, 0.5) is 5.69 Å². The van der Waals surface area contributed by atoms with Gasteiger partial charge in [0, 0.05) is 5.69 Å². The first-order valence-corrected chi connectivity index (χ1v) is 11.0. The lowest BCUT2D eigenvalue weighted by atomic mass is 10.0. The Labute approximate surface area is 192 Å². The summed E-state index contributed by atoms with van der Waals surface area (Å²) < 4.78 is 11.5. The van der Waals surface area contributed by atoms with Crippen LogP contribution in [0.2, 0.25) is 5.02 Å². The zero-order valence-corrected chi connectivity index (χ0v) is 19.1. The van der Waals surface area contributed by atoms with Crippen LogP contribution in [0.5, 0.6) is 5.75 Å². The number of oxazole rings is 1. The lowest BCUT2D eigenvalue weighted by Crippen LogP contribution is -2.20. The maximum Gasteiger partial charge on any atom is 0.262 e. The van der Waals surface area contributed by atoms with Crippen molar-refractivity contribution in [2.45, 2.75) is 33.1 Å². The smallest absolute Gasteiger partial charge is 0.262 e. The Balaban J connectivity index is 1.46. The van der Waals surface area contributed by atoms with Crippen LogP contribution in [0.1, 0.15) is 37.8 Å². The monoisotopic (exact) mass is 448 g/mol. The number of hydrogen-bond donors (Lipinski definition) is 1. The number of carbonyl (C=O) groups is 1. The summed E-state index contributed by atoms with van der Waals surface area (Å²) in [5, 5.41) is 3.33. The van der Waals surface area contributed by atoms with Gasteiger partial charge in [-0.3, -0.25) is 4.79 Å². The summed E-state index contributed by atoms with van der Waals surface area (Å²) in [5.41, 5.74) is 5.08. The second-order valence-corrected chi connectivity index (χ2v) is 8.34. The molecule has 1 aromatic heterocycles. The van der Waals surface area contributed by atoms with Gasteiger partial charge in [-0.2, -0.15) is 0 Å². The van der Waals surface area contributed by atoms with Crippen LogP contribution in [-0.4, -0.2) is 17.5 Å². The van der Waals surface area contributed by atoms with Crippen molar-refractivity contribution in [3.05, 3.63) is 76.8 Å². The van der Waals surface area contributed by atoms with Gasteiger partial charge in [0.25, 0.3) is 5.91 Å². The summed E-state index contributed by atoms with van der Waals surface area (Å²) in [4.78, 5) is 17.0. The number of carbonyl (C=O) groups excluding carboxylic acids is 1. The van der Waals surface area contributed by atoms with Gasteiger partial charge in [0.2, 0.25) is 5.89 Å². The van der Waals surface area contributed by atoms with Gasteiger partial charge in [0.05, 0.1) is 10.6 Å². The molecular formula is C26H25ClN2O3. The van der Waals surface area contributed by atoms with E-state index in [2.05, 4.69) is 31.1 Å². The number of amides is 1. The number of nitrogens with one attached hydrogen (secondary N) is 1. The van der Waals surface area contributed by atoms with E-state index in [0.29, 0.717) is 39.4 Å². The van der Waals surface area contributed by atoms with Crippen LogP contribution in [0, 0.1) is 0 Å². The van der Waals surface area contributed by atoms with Crippen LogP contribution in [0.15, 0.2) is 65.1 Å². The molecule has 6 heteroatoms. The lowest BCUT2D eigenvalue weighted by molar-refractivity contribution is -0.118. The average Bonchev–Trinajstić information content (AvgIpc) is 3.22. The molecule has 0 radical (unpaired) electrons. The van der Waals surface area contributed by atoms with Crippen molar-refractivity contribution in [3.8, 4) is 17.2 Å². The zero-order chi connectivity index (χ0) is 22.7. The highest BCUT2D eigenvalue weighted by Gasteiger charge is 2.14. The molecule has 164 valence electrons. The number of rotatable bonds is 7. The van der Waals surface area contributed by atoms with E-state index >= 15 is 0 Å². The van der Waals surface area contributed by atoms with Crippen LogP contribution in [-0.2, 0) is 11.2 Å². The Morgan fingerprint density at radius 1 is 1.09 bits per heavy atom. The van der Waals surface area contributed by atoms with E-state index in [9.17, 15) is 4.79 Å². The number of nitrogens with zero attached hydrogens (tertiary/aromatic N) is 1. The van der Waals surface area contributed by atoms with Gasteiger partial charge in [-0.25, -0.2) is 4.98 Å². The van der Waals surface area contributed by atoms with Crippen molar-refractivity contribution in [1.29, 1.82) is 0 Å². The van der Waals surface area contributed by atoms with Gasteiger partial charge in [-0.05, 0) is 65.9 Å². The molecule has 5 nitrogen and oxygen atoms in total. The first kappa shape index (κ1) is 21.9. The topological polar surface area (TPSA) is 64.4 Å². The third kappa shape index (κ3) is 4.94. The van der Waals surface area contributed by atoms with E-state index < -0.39 is 0 Å². The Morgan fingerprint density at radius 3 is 2.59 bits per heavy atom. The minimum atomic E-state index is -0.267. The molecule has 0 aliphatic rings. The molecule has 0 spiro atoms. The molecule has 0 atom stereocenters. The lowest BCUT2D eigenvalue weighted by Gasteiger charge is -2.10. The normalized spacial score (nSPS) is 11.2. The molecule has 0 saturated heterocycles. The fourth-order valence-corrected chi connectivity index (χ4v) is 3.57. The fraction of sp³-hybridized carbons (Fsp3) is 0.231. The summed E-state index contributed by atoms with van der Waals surface area (Å²) in [6, 6.07) is 18.9. The van der Waals surface area contributed by atoms with E-state index in [-0.39, 0.29) is 12.5 Å². The van der Waals surface area contributed by atoms with Crippen LogP contribution < -0.4 is 10.1 Å². The molecule has 1 amide bonds. The van der Waals surface area contributed by atoms with Gasteiger partial charge in [0.15, 0.2) is 12.2 Å². The van der Waals surface area contributed by atoms with Gasteiger partial charge >= 0.3 is 0 Å². The van der Waals surface area contributed by atoms with Crippen molar-refractivity contribution in [3.63, 3.8) is 0 Å². The summed E-state index contributed by atoms with van der Waals surface area (Å²) >= 11 is 6.39. The molecule has 0 fully saturated rings. The third-order valence-electron chi connectivity index (χ3n) is 5.26. The summed E-state index contributed by atoms with van der Waals surface area (Å²) in [6.45, 7) is 6.26. The maximum absolute atomic E-state index is 12.4. The highest BCUT2D eigenvalue weighted by Crippen LogP contribution is 2.32. The Hall–Kier alpha value is -3.31. The number of ether oxygens (including phenoxy) is 1. The molecule has 0 aliphatic carbocycles. The number of aromatic nitrogens is 1. The predicted molar refractivity (Wildman–Crippen MR) is 128 cm³/mol. The molecule has 0 aliphatic heterocycles. The quantitative estimate of drug-likeness (QED) is 0.335. The zero-order valence-electron chi connectivity index (χ0n) is 18.3. The van der Waals surface area contributed by atoms with Gasteiger partial charge in [0.1, 0.15) is 11.3 Å².